The molecular formula is C14H19BrN4OS. The van der Waals surface area contributed by atoms with E-state index in [-0.39, 0.29) is 0 Å². The first-order valence-corrected chi connectivity index (χ1v) is 8.90. The van der Waals surface area contributed by atoms with E-state index in [1.54, 1.807) is 11.3 Å². The second-order valence-electron chi connectivity index (χ2n) is 5.22. The molecule has 1 aliphatic heterocycles. The molecule has 1 saturated heterocycles. The van der Waals surface area contributed by atoms with Crippen LogP contribution in [0.25, 0.3) is 10.8 Å². The van der Waals surface area contributed by atoms with Gasteiger partial charge in [0.2, 0.25) is 5.89 Å². The van der Waals surface area contributed by atoms with Crippen molar-refractivity contribution >= 4 is 27.3 Å². The third kappa shape index (κ3) is 3.71. The summed E-state index contributed by atoms with van der Waals surface area (Å²) in [4.78, 5) is 3.45. The number of hydrogen-bond acceptors (Lipinski definition) is 6. The van der Waals surface area contributed by atoms with Crippen molar-refractivity contribution in [3.05, 3.63) is 21.8 Å². The molecule has 2 aromatic heterocycles. The minimum Gasteiger partial charge on any atom is -0.419 e. The Hall–Kier alpha value is -0.760. The summed E-state index contributed by atoms with van der Waals surface area (Å²) in [5.41, 5.74) is 0. The number of nitrogens with zero attached hydrogens (tertiary/aromatic N) is 3. The van der Waals surface area contributed by atoms with E-state index in [0.29, 0.717) is 17.8 Å². The summed E-state index contributed by atoms with van der Waals surface area (Å²) in [6.45, 7) is 6.16. The van der Waals surface area contributed by atoms with Crippen molar-refractivity contribution in [2.75, 3.05) is 19.6 Å². The van der Waals surface area contributed by atoms with E-state index in [1.165, 1.54) is 6.42 Å². The van der Waals surface area contributed by atoms with Crippen LogP contribution >= 0.6 is 27.3 Å². The standard InChI is InChI=1S/C14H19BrN4OS/c1-2-7-19(10-5-6-16-8-10)9-13-17-18-14(20-13)11-3-4-12(15)21-11/h3-4,10,16H,2,5-9H2,1H3. The van der Waals surface area contributed by atoms with Gasteiger partial charge in [-0.05, 0) is 54.0 Å². The molecule has 3 heterocycles. The molecular weight excluding hydrogens is 352 g/mol. The minimum absolute atomic E-state index is 0.580. The zero-order chi connectivity index (χ0) is 14.7. The van der Waals surface area contributed by atoms with E-state index in [4.69, 9.17) is 4.42 Å². The monoisotopic (exact) mass is 370 g/mol. The number of aromatic nitrogens is 2. The molecule has 1 N–H and O–H groups in total. The van der Waals surface area contributed by atoms with Crippen LogP contribution in [0.4, 0.5) is 0 Å². The fraction of sp³-hybridized carbons (Fsp3) is 0.571. The largest absolute Gasteiger partial charge is 0.419 e. The van der Waals surface area contributed by atoms with Crippen LogP contribution in [0.5, 0.6) is 0 Å². The van der Waals surface area contributed by atoms with E-state index in [0.717, 1.165) is 41.3 Å². The first-order chi connectivity index (χ1) is 10.3. The summed E-state index contributed by atoms with van der Waals surface area (Å²) in [5, 5.41) is 11.8. The zero-order valence-electron chi connectivity index (χ0n) is 12.0. The molecule has 21 heavy (non-hydrogen) atoms. The highest BCUT2D eigenvalue weighted by Crippen LogP contribution is 2.30. The highest BCUT2D eigenvalue weighted by atomic mass is 79.9. The normalized spacial score (nSPS) is 18.7. The van der Waals surface area contributed by atoms with Crippen molar-refractivity contribution in [2.45, 2.75) is 32.4 Å². The van der Waals surface area contributed by atoms with Gasteiger partial charge in [0.25, 0.3) is 5.89 Å². The number of thiophene rings is 1. The van der Waals surface area contributed by atoms with Crippen molar-refractivity contribution < 1.29 is 4.42 Å². The average molecular weight is 371 g/mol. The molecule has 1 fully saturated rings. The van der Waals surface area contributed by atoms with Crippen LogP contribution in [0, 0.1) is 0 Å². The molecule has 0 bridgehead atoms. The number of halogens is 1. The third-order valence-corrected chi connectivity index (χ3v) is 5.26. The van der Waals surface area contributed by atoms with Crippen LogP contribution in [0.2, 0.25) is 0 Å². The predicted molar refractivity (Wildman–Crippen MR) is 87.3 cm³/mol. The molecule has 0 spiro atoms. The molecule has 5 nitrogen and oxygen atoms in total. The van der Waals surface area contributed by atoms with Gasteiger partial charge in [-0.2, -0.15) is 0 Å². The first kappa shape index (κ1) is 15.1. The van der Waals surface area contributed by atoms with Crippen molar-refractivity contribution in [2.24, 2.45) is 0 Å². The van der Waals surface area contributed by atoms with Crippen LogP contribution in [-0.2, 0) is 6.54 Å². The summed E-state index contributed by atoms with van der Waals surface area (Å²) in [6.07, 6.45) is 2.33. The highest BCUT2D eigenvalue weighted by molar-refractivity contribution is 9.11. The maximum absolute atomic E-state index is 5.82. The molecule has 1 aliphatic rings. The van der Waals surface area contributed by atoms with Gasteiger partial charge in [-0.15, -0.1) is 21.5 Å². The van der Waals surface area contributed by atoms with Crippen LogP contribution in [0.1, 0.15) is 25.7 Å². The summed E-state index contributed by atoms with van der Waals surface area (Å²) in [5.74, 6) is 1.32. The van der Waals surface area contributed by atoms with Crippen molar-refractivity contribution in [1.29, 1.82) is 0 Å². The second kappa shape index (κ2) is 7.00. The maximum Gasteiger partial charge on any atom is 0.257 e. The molecule has 1 atom stereocenters. The van der Waals surface area contributed by atoms with Gasteiger partial charge in [0, 0.05) is 12.6 Å². The lowest BCUT2D eigenvalue weighted by Crippen LogP contribution is -2.37. The maximum atomic E-state index is 5.82. The first-order valence-electron chi connectivity index (χ1n) is 7.29. The van der Waals surface area contributed by atoms with Crippen LogP contribution < -0.4 is 5.32 Å². The van der Waals surface area contributed by atoms with Crippen molar-refractivity contribution in [3.63, 3.8) is 0 Å². The third-order valence-electron chi connectivity index (χ3n) is 3.65. The Bertz CT molecular complexity index is 579. The predicted octanol–water partition coefficient (Wildman–Crippen LogP) is 3.13. The Morgan fingerprint density at radius 3 is 3.05 bits per heavy atom. The Kier molecular flexibility index (Phi) is 5.05. The van der Waals surface area contributed by atoms with Crippen molar-refractivity contribution in [3.8, 4) is 10.8 Å². The van der Waals surface area contributed by atoms with Crippen LogP contribution in [-0.4, -0.2) is 40.8 Å². The molecule has 0 aromatic carbocycles. The molecule has 1 unspecified atom stereocenters. The van der Waals surface area contributed by atoms with E-state index >= 15 is 0 Å². The average Bonchev–Trinajstić information content (AvgIpc) is 3.18. The number of hydrogen-bond donors (Lipinski definition) is 1. The van der Waals surface area contributed by atoms with Gasteiger partial charge >= 0.3 is 0 Å². The lowest BCUT2D eigenvalue weighted by molar-refractivity contribution is 0.181. The van der Waals surface area contributed by atoms with E-state index in [9.17, 15) is 0 Å². The van der Waals surface area contributed by atoms with Gasteiger partial charge in [0.1, 0.15) is 0 Å². The smallest absolute Gasteiger partial charge is 0.257 e. The molecule has 0 amide bonds. The quantitative estimate of drug-likeness (QED) is 0.846. The fourth-order valence-corrected chi connectivity index (χ4v) is 3.96. The van der Waals surface area contributed by atoms with Crippen LogP contribution in [0.15, 0.2) is 20.3 Å². The zero-order valence-corrected chi connectivity index (χ0v) is 14.4. The Labute approximate surface area is 136 Å². The molecule has 7 heteroatoms. The topological polar surface area (TPSA) is 54.2 Å². The van der Waals surface area contributed by atoms with Gasteiger partial charge in [0.15, 0.2) is 0 Å². The van der Waals surface area contributed by atoms with Gasteiger partial charge in [-0.1, -0.05) is 6.92 Å². The SMILES string of the molecule is CCCN(Cc1nnc(-c2ccc(Br)s2)o1)C1CCNC1. The van der Waals surface area contributed by atoms with Crippen molar-refractivity contribution in [1.82, 2.24) is 20.4 Å². The second-order valence-corrected chi connectivity index (χ2v) is 7.68. The molecule has 0 aliphatic carbocycles. The Balaban J connectivity index is 1.69. The summed E-state index contributed by atoms with van der Waals surface area (Å²) in [7, 11) is 0. The highest BCUT2D eigenvalue weighted by Gasteiger charge is 2.23. The van der Waals surface area contributed by atoms with Gasteiger partial charge in [-0.25, -0.2) is 0 Å². The molecule has 0 saturated carbocycles. The summed E-state index contributed by atoms with van der Waals surface area (Å²) < 4.78 is 6.90. The number of nitrogens with one attached hydrogen (secondary N) is 1. The summed E-state index contributed by atoms with van der Waals surface area (Å²) in [6, 6.07) is 4.57. The lowest BCUT2D eigenvalue weighted by Gasteiger charge is -2.26. The Morgan fingerprint density at radius 1 is 1.48 bits per heavy atom. The molecule has 114 valence electrons. The van der Waals surface area contributed by atoms with E-state index < -0.39 is 0 Å². The molecule has 2 aromatic rings. The minimum atomic E-state index is 0.580. The Morgan fingerprint density at radius 2 is 2.38 bits per heavy atom. The van der Waals surface area contributed by atoms with Crippen LogP contribution in [0.3, 0.4) is 0 Å². The van der Waals surface area contributed by atoms with Gasteiger partial charge in [-0.3, -0.25) is 4.90 Å². The fourth-order valence-electron chi connectivity index (χ4n) is 2.65. The van der Waals surface area contributed by atoms with E-state index in [2.05, 4.69) is 43.3 Å². The van der Waals surface area contributed by atoms with Gasteiger partial charge < -0.3 is 9.73 Å². The number of rotatable bonds is 6. The summed E-state index contributed by atoms with van der Waals surface area (Å²) >= 11 is 5.06. The molecule has 0 radical (unpaired) electrons. The van der Waals surface area contributed by atoms with Gasteiger partial charge in [0.05, 0.1) is 15.2 Å². The molecule has 3 rings (SSSR count). The lowest BCUT2D eigenvalue weighted by atomic mass is 10.2. The van der Waals surface area contributed by atoms with E-state index in [1.807, 2.05) is 12.1 Å².